The first-order valence-corrected chi connectivity index (χ1v) is 23.1. The molecule has 1 aromatic heterocycles. The van der Waals surface area contributed by atoms with Crippen LogP contribution in [0.4, 0.5) is 21.0 Å². The first-order valence-electron chi connectivity index (χ1n) is 23.1. The molecule has 352 valence electrons. The molecule has 0 bridgehead atoms. The number of ether oxygens (including phenoxy) is 4. The van der Waals surface area contributed by atoms with Crippen molar-refractivity contribution < 1.29 is 42.9 Å². The van der Waals surface area contributed by atoms with Gasteiger partial charge in [0.05, 0.1) is 36.3 Å². The van der Waals surface area contributed by atoms with Crippen LogP contribution in [-0.4, -0.2) is 89.5 Å². The van der Waals surface area contributed by atoms with Gasteiger partial charge in [-0.15, -0.1) is 0 Å². The number of nitrogens with one attached hydrogen (secondary N) is 2. The minimum atomic E-state index is -0.867. The van der Waals surface area contributed by atoms with Crippen molar-refractivity contribution in [2.24, 2.45) is 0 Å². The summed E-state index contributed by atoms with van der Waals surface area (Å²) in [5.74, 6) is -1.18. The molecule has 1 aliphatic heterocycles. The summed E-state index contributed by atoms with van der Waals surface area (Å²) in [5.41, 5.74) is 5.86. The average Bonchev–Trinajstić information content (AvgIpc) is 3.87. The molecule has 14 nitrogen and oxygen atoms in total. The van der Waals surface area contributed by atoms with Crippen LogP contribution < -0.4 is 15.5 Å². The van der Waals surface area contributed by atoms with E-state index in [2.05, 4.69) is 39.8 Å². The van der Waals surface area contributed by atoms with E-state index in [0.29, 0.717) is 41.3 Å². The maximum Gasteiger partial charge on any atom is 0.419 e. The minimum absolute atomic E-state index is 0.0189. The molecule has 0 spiro atoms. The SMILES string of the molecule is COC1CCC(N2CCN(c3ccc([C@H](CC(=O)Nc4cccc5c4cc(C(=O)OC(C)(C)C)n5C(=O)OC(C)(C)C)NC(=O)OCc4ccc5c(c4)Cc4ccccc4-5)cc3)C(=O)C2)CC1. The molecule has 14 heteroatoms. The van der Waals surface area contributed by atoms with Crippen molar-refractivity contribution in [1.29, 1.82) is 0 Å². The van der Waals surface area contributed by atoms with E-state index in [0.717, 1.165) is 54.5 Å². The van der Waals surface area contributed by atoms with Crippen LogP contribution in [0, 0.1) is 0 Å². The molecule has 1 saturated heterocycles. The van der Waals surface area contributed by atoms with Crippen molar-refractivity contribution in [3.05, 3.63) is 119 Å². The first-order chi connectivity index (χ1) is 31.9. The van der Waals surface area contributed by atoms with Gasteiger partial charge in [0.25, 0.3) is 0 Å². The third-order valence-electron chi connectivity index (χ3n) is 12.6. The van der Waals surface area contributed by atoms with Crippen LogP contribution in [0.2, 0.25) is 0 Å². The number of methoxy groups -OCH3 is 1. The number of carbonyl (C=O) groups is 5. The van der Waals surface area contributed by atoms with Crippen molar-refractivity contribution in [3.8, 4) is 11.1 Å². The van der Waals surface area contributed by atoms with Crippen LogP contribution in [0.3, 0.4) is 0 Å². The zero-order valence-corrected chi connectivity index (χ0v) is 39.5. The fourth-order valence-electron chi connectivity index (χ4n) is 9.39. The lowest BCUT2D eigenvalue weighted by molar-refractivity contribution is -0.122. The number of hydrogen-bond acceptors (Lipinski definition) is 10. The lowest BCUT2D eigenvalue weighted by Crippen LogP contribution is -2.54. The Morgan fingerprint density at radius 2 is 1.49 bits per heavy atom. The van der Waals surface area contributed by atoms with Gasteiger partial charge in [0.15, 0.2) is 0 Å². The smallest absolute Gasteiger partial charge is 0.419 e. The van der Waals surface area contributed by atoms with Gasteiger partial charge in [-0.25, -0.2) is 19.0 Å². The Hall–Kier alpha value is -6.51. The number of rotatable bonds is 11. The standard InChI is InChI=1S/C53H61N5O9/c1-52(2,3)66-49(61)46-29-42-43(13-10-14-45(42)58(46)51(63)67-53(4,5)6)54-47(59)30-44(55-50(62)65-32-33-15-24-41-36(27-33)28-35-11-8-9-12-40(35)41)34-16-18-38(19-17-34)57-26-25-56(31-48(57)60)37-20-22-39(64-7)23-21-37/h8-19,24,27,29,37,39,44H,20-23,25-26,28,30-32H2,1-7H3,(H,54,59)(H,55,62)/t37?,39?,44-/m0/s1. The third kappa shape index (κ3) is 11.0. The van der Waals surface area contributed by atoms with Gasteiger partial charge in [-0.1, -0.05) is 60.7 Å². The van der Waals surface area contributed by atoms with E-state index in [4.69, 9.17) is 18.9 Å². The van der Waals surface area contributed by atoms with E-state index in [1.54, 1.807) is 71.8 Å². The van der Waals surface area contributed by atoms with Crippen molar-refractivity contribution >= 4 is 52.2 Å². The lowest BCUT2D eigenvalue weighted by atomic mass is 9.91. The van der Waals surface area contributed by atoms with Crippen LogP contribution in [0.5, 0.6) is 0 Å². The molecule has 2 fully saturated rings. The number of amides is 3. The van der Waals surface area contributed by atoms with Gasteiger partial charge in [0, 0.05) is 37.3 Å². The number of alkyl carbamates (subject to hydrolysis) is 1. The Kier molecular flexibility index (Phi) is 13.6. The lowest BCUT2D eigenvalue weighted by Gasteiger charge is -2.41. The summed E-state index contributed by atoms with van der Waals surface area (Å²) in [5, 5.41) is 6.28. The predicted octanol–water partition coefficient (Wildman–Crippen LogP) is 9.55. The summed E-state index contributed by atoms with van der Waals surface area (Å²) < 4.78 is 23.8. The van der Waals surface area contributed by atoms with Gasteiger partial charge >= 0.3 is 18.2 Å². The topological polar surface area (TPSA) is 158 Å². The van der Waals surface area contributed by atoms with Crippen LogP contribution in [-0.2, 0) is 41.6 Å². The molecule has 4 aromatic carbocycles. The van der Waals surface area contributed by atoms with E-state index in [9.17, 15) is 24.0 Å². The maximum absolute atomic E-state index is 14.1. The quantitative estimate of drug-likeness (QED) is 0.0948. The molecule has 2 aliphatic carbocycles. The van der Waals surface area contributed by atoms with E-state index in [1.807, 2.05) is 42.5 Å². The highest BCUT2D eigenvalue weighted by Crippen LogP contribution is 2.37. The molecular weight excluding hydrogens is 851 g/mol. The highest BCUT2D eigenvalue weighted by Gasteiger charge is 2.33. The second-order valence-corrected chi connectivity index (χ2v) is 19.7. The van der Waals surface area contributed by atoms with E-state index in [1.165, 1.54) is 28.3 Å². The summed E-state index contributed by atoms with van der Waals surface area (Å²) in [4.78, 5) is 72.5. The zero-order valence-electron chi connectivity index (χ0n) is 39.5. The van der Waals surface area contributed by atoms with E-state index < -0.39 is 41.3 Å². The number of fused-ring (bicyclic) bond motifs is 4. The second kappa shape index (κ2) is 19.4. The average molecular weight is 912 g/mol. The molecular formula is C53H61N5O9. The monoisotopic (exact) mass is 911 g/mol. The van der Waals surface area contributed by atoms with E-state index >= 15 is 0 Å². The fraction of sp³-hybridized carbons (Fsp3) is 0.415. The van der Waals surface area contributed by atoms with Gasteiger partial charge in [-0.3, -0.25) is 14.5 Å². The van der Waals surface area contributed by atoms with Gasteiger partial charge in [-0.2, -0.15) is 0 Å². The number of carbonyl (C=O) groups excluding carboxylic acids is 5. The third-order valence-corrected chi connectivity index (χ3v) is 12.6. The number of hydrogen-bond donors (Lipinski definition) is 2. The van der Waals surface area contributed by atoms with Gasteiger partial charge in [0.2, 0.25) is 11.8 Å². The molecule has 3 aliphatic rings. The summed E-state index contributed by atoms with van der Waals surface area (Å²) in [7, 11) is 1.76. The highest BCUT2D eigenvalue weighted by atomic mass is 16.6. The minimum Gasteiger partial charge on any atom is -0.455 e. The Morgan fingerprint density at radius 1 is 0.776 bits per heavy atom. The zero-order chi connectivity index (χ0) is 47.6. The maximum atomic E-state index is 14.1. The van der Waals surface area contributed by atoms with Crippen molar-refractivity contribution in [1.82, 2.24) is 14.8 Å². The normalized spacial score (nSPS) is 17.9. The molecule has 5 aromatic rings. The number of aromatic nitrogens is 1. The Bertz CT molecular complexity index is 2670. The van der Waals surface area contributed by atoms with Crippen molar-refractivity contribution in [3.63, 3.8) is 0 Å². The molecule has 0 radical (unpaired) electrons. The molecule has 0 unspecified atom stereocenters. The van der Waals surface area contributed by atoms with Crippen molar-refractivity contribution in [2.75, 3.05) is 37.0 Å². The molecule has 67 heavy (non-hydrogen) atoms. The predicted molar refractivity (Wildman–Crippen MR) is 256 cm³/mol. The Morgan fingerprint density at radius 3 is 2.19 bits per heavy atom. The van der Waals surface area contributed by atoms with Gasteiger partial charge in [0.1, 0.15) is 23.5 Å². The molecule has 2 N–H and O–H groups in total. The van der Waals surface area contributed by atoms with E-state index in [-0.39, 0.29) is 30.7 Å². The number of anilines is 2. The molecule has 3 amide bonds. The number of nitrogens with zero attached hydrogens (tertiary/aromatic N) is 3. The fourth-order valence-corrected chi connectivity index (χ4v) is 9.39. The largest absolute Gasteiger partial charge is 0.455 e. The first kappa shape index (κ1) is 47.0. The molecule has 2 heterocycles. The summed E-state index contributed by atoms with van der Waals surface area (Å²) in [6, 6.07) is 27.7. The van der Waals surface area contributed by atoms with Gasteiger partial charge < -0.3 is 34.5 Å². The number of esters is 1. The van der Waals surface area contributed by atoms with Crippen LogP contribution in [0.15, 0.2) is 91.0 Å². The highest BCUT2D eigenvalue weighted by molar-refractivity contribution is 6.08. The summed E-state index contributed by atoms with van der Waals surface area (Å²) in [6.45, 7) is 12.0. The Labute approximate surface area is 391 Å². The number of piperazine rings is 1. The molecule has 1 saturated carbocycles. The Balaban J connectivity index is 1.01. The van der Waals surface area contributed by atoms with Crippen LogP contribution in [0.1, 0.15) is 112 Å². The van der Waals surface area contributed by atoms with Crippen molar-refractivity contribution in [2.45, 2.75) is 116 Å². The summed E-state index contributed by atoms with van der Waals surface area (Å²) >= 11 is 0. The van der Waals surface area contributed by atoms with Gasteiger partial charge in [-0.05, 0) is 137 Å². The molecule has 1 atom stereocenters. The second-order valence-electron chi connectivity index (χ2n) is 19.7. The van der Waals surface area contributed by atoms with Crippen LogP contribution >= 0.6 is 0 Å². The van der Waals surface area contributed by atoms with Crippen LogP contribution in [0.25, 0.3) is 22.0 Å². The number of benzene rings is 4. The summed E-state index contributed by atoms with van der Waals surface area (Å²) in [6.07, 6.45) is 3.39. The molecule has 8 rings (SSSR count).